The van der Waals surface area contributed by atoms with Crippen LogP contribution in [0.3, 0.4) is 0 Å². The zero-order valence-electron chi connectivity index (χ0n) is 22.3. The lowest BCUT2D eigenvalue weighted by Crippen LogP contribution is -2.45. The number of hydrogen-bond acceptors (Lipinski definition) is 3. The molecule has 196 valence electrons. The van der Waals surface area contributed by atoms with Gasteiger partial charge < -0.3 is 19.2 Å². The minimum atomic E-state index is -1.32. The van der Waals surface area contributed by atoms with E-state index in [1.807, 2.05) is 69.3 Å². The highest BCUT2D eigenvalue weighted by atomic mass is 35.5. The van der Waals surface area contributed by atoms with Gasteiger partial charge in [-0.3, -0.25) is 4.79 Å². The van der Waals surface area contributed by atoms with Crippen LogP contribution in [0, 0.1) is 13.8 Å². The Morgan fingerprint density at radius 2 is 1.74 bits per heavy atom. The third kappa shape index (κ3) is 2.77. The van der Waals surface area contributed by atoms with Gasteiger partial charge in [-0.25, -0.2) is 4.79 Å². The fraction of sp³-hybridized carbons (Fsp3) is 0.250. The van der Waals surface area contributed by atoms with E-state index in [0.29, 0.717) is 5.02 Å². The number of ether oxygens (including phenoxy) is 1. The Morgan fingerprint density at radius 3 is 2.49 bits per heavy atom. The molecule has 0 radical (unpaired) electrons. The van der Waals surface area contributed by atoms with Crippen LogP contribution in [-0.2, 0) is 25.3 Å². The molecule has 2 aliphatic heterocycles. The molecule has 7 rings (SSSR count). The van der Waals surface area contributed by atoms with Crippen molar-refractivity contribution in [3.8, 4) is 0 Å². The van der Waals surface area contributed by atoms with E-state index in [4.69, 9.17) is 16.3 Å². The molecule has 6 nitrogen and oxygen atoms in total. The van der Waals surface area contributed by atoms with Gasteiger partial charge >= 0.3 is 5.97 Å². The number of H-pyrrole nitrogens is 1. The SMILES string of the molecule is CCOC(=O)[C@]1(c2[nH]c3ccccc3c2C)CC2(C(=O)N(C)c3ccc(Cl)cc32)c2c(C)c3ccccc3n21. The summed E-state index contributed by atoms with van der Waals surface area (Å²) in [5.74, 6) is -0.462. The van der Waals surface area contributed by atoms with E-state index in [2.05, 4.69) is 21.7 Å². The van der Waals surface area contributed by atoms with Crippen LogP contribution in [0.25, 0.3) is 21.8 Å². The Bertz CT molecular complexity index is 1870. The lowest BCUT2D eigenvalue weighted by Gasteiger charge is -2.32. The third-order valence-electron chi connectivity index (χ3n) is 8.88. The Labute approximate surface area is 231 Å². The van der Waals surface area contributed by atoms with Crippen molar-refractivity contribution in [3.63, 3.8) is 0 Å². The Morgan fingerprint density at radius 1 is 1.03 bits per heavy atom. The highest BCUT2D eigenvalue weighted by Gasteiger charge is 2.67. The molecular formula is C32H28ClN3O3. The van der Waals surface area contributed by atoms with E-state index in [9.17, 15) is 9.59 Å². The van der Waals surface area contributed by atoms with E-state index in [0.717, 1.165) is 55.6 Å². The first kappa shape index (κ1) is 24.0. The number of nitrogens with one attached hydrogen (secondary N) is 1. The number of halogens is 1. The fourth-order valence-corrected chi connectivity index (χ4v) is 7.49. The molecule has 1 N–H and O–H groups in total. The zero-order chi connectivity index (χ0) is 27.3. The standard InChI is InChI=1S/C32H28ClN3O3/c1-5-39-30(38)32(27-18(2)21-10-6-8-12-24(21)34-27)17-31(23-16-20(33)14-15-26(23)35(4)29(31)37)28-19(3)22-11-7-9-13-25(22)36(28)32/h6-16,34H,5,17H2,1-4H3/t31?,32-/m1/s1. The smallest absolute Gasteiger partial charge is 0.338 e. The highest BCUT2D eigenvalue weighted by molar-refractivity contribution is 6.31. The minimum Gasteiger partial charge on any atom is -0.464 e. The summed E-state index contributed by atoms with van der Waals surface area (Å²) in [5.41, 5.74) is 4.48. The van der Waals surface area contributed by atoms with Gasteiger partial charge in [0.1, 0.15) is 5.41 Å². The van der Waals surface area contributed by atoms with Gasteiger partial charge in [0.25, 0.3) is 0 Å². The van der Waals surface area contributed by atoms with Crippen molar-refractivity contribution in [2.75, 3.05) is 18.6 Å². The summed E-state index contributed by atoms with van der Waals surface area (Å²) in [6.07, 6.45) is 0.185. The number of aromatic nitrogens is 2. The fourth-order valence-electron chi connectivity index (χ4n) is 7.32. The normalized spacial score (nSPS) is 21.8. The molecule has 0 saturated carbocycles. The van der Waals surface area contributed by atoms with Crippen LogP contribution >= 0.6 is 11.6 Å². The molecular weight excluding hydrogens is 510 g/mol. The molecule has 4 heterocycles. The Kier molecular flexibility index (Phi) is 4.93. The van der Waals surface area contributed by atoms with Gasteiger partial charge in [0.15, 0.2) is 5.54 Å². The molecule has 2 aliphatic rings. The number of anilines is 1. The molecule has 0 aliphatic carbocycles. The van der Waals surface area contributed by atoms with E-state index in [1.54, 1.807) is 18.0 Å². The monoisotopic (exact) mass is 537 g/mol. The van der Waals surface area contributed by atoms with Gasteiger partial charge in [-0.2, -0.15) is 0 Å². The summed E-state index contributed by atoms with van der Waals surface area (Å²) in [7, 11) is 1.80. The first-order chi connectivity index (χ1) is 18.8. The van der Waals surface area contributed by atoms with Crippen molar-refractivity contribution in [2.24, 2.45) is 0 Å². The Balaban J connectivity index is 1.69. The van der Waals surface area contributed by atoms with Crippen LogP contribution in [0.1, 0.15) is 41.4 Å². The summed E-state index contributed by atoms with van der Waals surface area (Å²) >= 11 is 6.57. The molecule has 7 heteroatoms. The number of para-hydroxylation sites is 2. The number of amides is 1. The van der Waals surface area contributed by atoms with Crippen molar-refractivity contribution in [1.82, 2.24) is 9.55 Å². The number of hydrogen-bond donors (Lipinski definition) is 1. The average molecular weight is 538 g/mol. The second-order valence-corrected chi connectivity index (χ2v) is 11.1. The number of benzene rings is 3. The number of carbonyl (C=O) groups excluding carboxylic acids is 2. The molecule has 0 bridgehead atoms. The zero-order valence-corrected chi connectivity index (χ0v) is 23.0. The van der Waals surface area contributed by atoms with Crippen LogP contribution in [0.2, 0.25) is 5.02 Å². The van der Waals surface area contributed by atoms with Gasteiger partial charge in [0.05, 0.1) is 12.3 Å². The summed E-state index contributed by atoms with van der Waals surface area (Å²) in [6.45, 7) is 6.12. The lowest BCUT2D eigenvalue weighted by atomic mass is 9.71. The molecule has 0 saturated heterocycles. The van der Waals surface area contributed by atoms with Crippen LogP contribution in [0.5, 0.6) is 0 Å². The van der Waals surface area contributed by atoms with Crippen LogP contribution in [-0.4, -0.2) is 35.1 Å². The highest BCUT2D eigenvalue weighted by Crippen LogP contribution is 2.61. The first-order valence-corrected chi connectivity index (χ1v) is 13.6. The molecule has 5 aromatic rings. The molecule has 2 aromatic heterocycles. The minimum absolute atomic E-state index is 0.0770. The summed E-state index contributed by atoms with van der Waals surface area (Å²) in [4.78, 5) is 34.4. The maximum absolute atomic E-state index is 14.6. The third-order valence-corrected chi connectivity index (χ3v) is 9.11. The summed E-state index contributed by atoms with van der Waals surface area (Å²) in [5, 5.41) is 2.58. The molecule has 2 atom stereocenters. The van der Waals surface area contributed by atoms with Gasteiger partial charge in [0, 0.05) is 51.7 Å². The van der Waals surface area contributed by atoms with Gasteiger partial charge in [0.2, 0.25) is 5.91 Å². The van der Waals surface area contributed by atoms with Gasteiger partial charge in [-0.1, -0.05) is 48.0 Å². The lowest BCUT2D eigenvalue weighted by molar-refractivity contribution is -0.151. The largest absolute Gasteiger partial charge is 0.464 e. The van der Waals surface area contributed by atoms with E-state index in [-0.39, 0.29) is 24.9 Å². The molecule has 1 unspecified atom stereocenters. The van der Waals surface area contributed by atoms with Crippen molar-refractivity contribution in [3.05, 3.63) is 99.8 Å². The predicted molar refractivity (Wildman–Crippen MR) is 154 cm³/mol. The maximum Gasteiger partial charge on any atom is 0.338 e. The average Bonchev–Trinajstić information content (AvgIpc) is 3.61. The van der Waals surface area contributed by atoms with E-state index >= 15 is 0 Å². The molecule has 0 fully saturated rings. The van der Waals surface area contributed by atoms with Crippen molar-refractivity contribution >= 4 is 51.0 Å². The number of fused-ring (bicyclic) bond motifs is 7. The number of rotatable bonds is 3. The molecule has 39 heavy (non-hydrogen) atoms. The quantitative estimate of drug-likeness (QED) is 0.272. The van der Waals surface area contributed by atoms with E-state index < -0.39 is 11.0 Å². The Hall–Kier alpha value is -4.03. The maximum atomic E-state index is 14.6. The number of nitrogens with zero attached hydrogens (tertiary/aromatic N) is 2. The predicted octanol–water partition coefficient (Wildman–Crippen LogP) is 6.37. The van der Waals surface area contributed by atoms with E-state index in [1.165, 1.54) is 0 Å². The van der Waals surface area contributed by atoms with Gasteiger partial charge in [-0.15, -0.1) is 0 Å². The number of aromatic amines is 1. The second kappa shape index (κ2) is 7.99. The number of aryl methyl sites for hydroxylation is 2. The van der Waals surface area contributed by atoms with Crippen LogP contribution < -0.4 is 4.90 Å². The van der Waals surface area contributed by atoms with Crippen molar-refractivity contribution < 1.29 is 14.3 Å². The first-order valence-electron chi connectivity index (χ1n) is 13.2. The summed E-state index contributed by atoms with van der Waals surface area (Å²) < 4.78 is 7.99. The van der Waals surface area contributed by atoms with Crippen LogP contribution in [0.4, 0.5) is 5.69 Å². The molecule has 3 aromatic carbocycles. The molecule has 1 amide bonds. The topological polar surface area (TPSA) is 67.3 Å². The van der Waals surface area contributed by atoms with Gasteiger partial charge in [-0.05, 0) is 67.8 Å². The number of esters is 1. The molecule has 1 spiro atoms. The van der Waals surface area contributed by atoms with Crippen molar-refractivity contribution in [1.29, 1.82) is 0 Å². The van der Waals surface area contributed by atoms with Crippen LogP contribution in [0.15, 0.2) is 66.7 Å². The summed E-state index contributed by atoms with van der Waals surface area (Å²) in [6, 6.07) is 21.7. The van der Waals surface area contributed by atoms with Crippen molar-refractivity contribution in [2.45, 2.75) is 38.1 Å². The number of carbonyl (C=O) groups is 2. The number of likely N-dealkylation sites (N-methyl/N-ethyl adjacent to an activating group) is 1. The second-order valence-electron chi connectivity index (χ2n) is 10.7.